The molecule has 1 aliphatic carbocycles. The highest BCUT2D eigenvalue weighted by Crippen LogP contribution is 2.53. The Kier molecular flexibility index (Phi) is 4.41. The van der Waals surface area contributed by atoms with E-state index in [1.54, 1.807) is 0 Å². The molecule has 10 aromatic carbocycles. The number of hydrogen-bond donors (Lipinski definition) is 0. The molecule has 0 amide bonds. The standard InChI is InChI=1S/C48H24O2/c1-2-8-29-25(6-1)7-3-9-30(29)31-19-14-26-17-22-36-32(20-15-27-16-21-35(31)41(26)42(27)36)37-24-28-18-23-40-46-43(28)47-45-34(11-5-13-39(45)50-48(37)47)33-10-4-12-38(49-40)44(33)46/h1-24H. The maximum Gasteiger partial charge on any atom is 0.143 e. The summed E-state index contributed by atoms with van der Waals surface area (Å²) in [6.07, 6.45) is 0. The van der Waals surface area contributed by atoms with Crippen LogP contribution in [0.15, 0.2) is 154 Å². The Balaban J connectivity index is 1.17. The first kappa shape index (κ1) is 25.4. The van der Waals surface area contributed by atoms with Crippen LogP contribution in [0.4, 0.5) is 0 Å². The van der Waals surface area contributed by atoms with Gasteiger partial charge in [0.15, 0.2) is 0 Å². The summed E-state index contributed by atoms with van der Waals surface area (Å²) in [5.41, 5.74) is 10.9. The van der Waals surface area contributed by atoms with Crippen molar-refractivity contribution in [3.63, 3.8) is 0 Å². The first-order valence-electron chi connectivity index (χ1n) is 17.3. The Morgan fingerprint density at radius 1 is 0.260 bits per heavy atom. The average Bonchev–Trinajstić information content (AvgIpc) is 3.72. The Hall–Kier alpha value is -6.64. The van der Waals surface area contributed by atoms with E-state index < -0.39 is 0 Å². The number of benzene rings is 10. The van der Waals surface area contributed by atoms with Crippen molar-refractivity contribution in [3.05, 3.63) is 146 Å². The van der Waals surface area contributed by atoms with Gasteiger partial charge >= 0.3 is 0 Å². The topological polar surface area (TPSA) is 26.3 Å². The van der Waals surface area contributed by atoms with E-state index in [9.17, 15) is 0 Å². The van der Waals surface area contributed by atoms with Gasteiger partial charge in [-0.25, -0.2) is 0 Å². The molecule has 0 saturated heterocycles. The van der Waals surface area contributed by atoms with Crippen molar-refractivity contribution in [2.45, 2.75) is 0 Å². The van der Waals surface area contributed by atoms with Crippen LogP contribution in [0.1, 0.15) is 0 Å². The number of fused-ring (bicyclic) bond motifs is 2. The monoisotopic (exact) mass is 632 g/mol. The first-order valence-corrected chi connectivity index (χ1v) is 17.3. The van der Waals surface area contributed by atoms with Gasteiger partial charge in [0.05, 0.1) is 0 Å². The fraction of sp³-hybridized carbons (Fsp3) is 0. The van der Waals surface area contributed by atoms with Gasteiger partial charge in [-0.2, -0.15) is 0 Å². The molecule has 0 spiro atoms. The van der Waals surface area contributed by atoms with Gasteiger partial charge in [0.2, 0.25) is 0 Å². The van der Waals surface area contributed by atoms with E-state index in [-0.39, 0.29) is 0 Å². The van der Waals surface area contributed by atoms with Crippen molar-refractivity contribution in [2.24, 2.45) is 0 Å². The SMILES string of the molecule is c1ccc2c(-c3ccc4ccc5c(-c6cc7ccc8oc9cccc%10c9c8c7c7c6oc6cccc-%10c67)ccc6ccc3c4c65)cccc2c1. The molecule has 2 aromatic heterocycles. The zero-order valence-corrected chi connectivity index (χ0v) is 26.7. The Morgan fingerprint density at radius 3 is 1.60 bits per heavy atom. The minimum atomic E-state index is 0.916. The van der Waals surface area contributed by atoms with Crippen LogP contribution in [0.25, 0.3) is 131 Å². The highest BCUT2D eigenvalue weighted by molar-refractivity contribution is 6.39. The van der Waals surface area contributed by atoms with Gasteiger partial charge in [-0.05, 0) is 101 Å². The smallest absolute Gasteiger partial charge is 0.143 e. The third-order valence-electron chi connectivity index (χ3n) is 11.5. The van der Waals surface area contributed by atoms with Crippen LogP contribution in [-0.2, 0) is 0 Å². The summed E-state index contributed by atoms with van der Waals surface area (Å²) in [5.74, 6) is 0. The number of rotatable bonds is 2. The molecule has 2 heterocycles. The molecule has 12 aromatic rings. The van der Waals surface area contributed by atoms with Crippen molar-refractivity contribution in [1.29, 1.82) is 0 Å². The van der Waals surface area contributed by atoms with Crippen LogP contribution in [0, 0.1) is 0 Å². The van der Waals surface area contributed by atoms with Gasteiger partial charge in [-0.1, -0.05) is 121 Å². The molecule has 13 rings (SSSR count). The van der Waals surface area contributed by atoms with E-state index in [2.05, 4.69) is 146 Å². The van der Waals surface area contributed by atoms with Crippen LogP contribution in [0.5, 0.6) is 0 Å². The largest absolute Gasteiger partial charge is 0.456 e. The van der Waals surface area contributed by atoms with Gasteiger partial charge in [0, 0.05) is 32.5 Å². The molecule has 0 bridgehead atoms. The minimum absolute atomic E-state index is 0.916. The minimum Gasteiger partial charge on any atom is -0.456 e. The molecule has 2 nitrogen and oxygen atoms in total. The Labute approximate surface area is 284 Å². The Bertz CT molecular complexity index is 3480. The van der Waals surface area contributed by atoms with Crippen molar-refractivity contribution in [1.82, 2.24) is 0 Å². The molecule has 0 unspecified atom stereocenters. The average molecular weight is 633 g/mol. The normalized spacial score (nSPS) is 12.8. The molecule has 2 heteroatoms. The van der Waals surface area contributed by atoms with Gasteiger partial charge in [0.25, 0.3) is 0 Å². The fourth-order valence-electron chi connectivity index (χ4n) is 9.49. The van der Waals surface area contributed by atoms with E-state index in [0.717, 1.165) is 27.9 Å². The molecule has 0 radical (unpaired) electrons. The zero-order chi connectivity index (χ0) is 32.2. The summed E-state index contributed by atoms with van der Waals surface area (Å²) in [5, 5.41) is 17.3. The lowest BCUT2D eigenvalue weighted by Gasteiger charge is -2.17. The molecule has 0 N–H and O–H groups in total. The summed E-state index contributed by atoms with van der Waals surface area (Å²) in [6.45, 7) is 0. The maximum absolute atomic E-state index is 6.96. The lowest BCUT2D eigenvalue weighted by atomic mass is 9.85. The third kappa shape index (κ3) is 2.94. The van der Waals surface area contributed by atoms with Crippen LogP contribution in [0.3, 0.4) is 0 Å². The second kappa shape index (κ2) is 8.68. The van der Waals surface area contributed by atoms with Crippen molar-refractivity contribution >= 4 is 97.7 Å². The lowest BCUT2D eigenvalue weighted by Crippen LogP contribution is -1.90. The molecule has 0 aliphatic heterocycles. The van der Waals surface area contributed by atoms with Crippen LogP contribution < -0.4 is 0 Å². The number of hydrogen-bond acceptors (Lipinski definition) is 2. The first-order chi connectivity index (χ1) is 24.8. The van der Waals surface area contributed by atoms with Crippen LogP contribution in [0.2, 0.25) is 0 Å². The lowest BCUT2D eigenvalue weighted by molar-refractivity contribution is 0.669. The maximum atomic E-state index is 6.96. The van der Waals surface area contributed by atoms with E-state index in [4.69, 9.17) is 8.83 Å². The fourth-order valence-corrected chi connectivity index (χ4v) is 9.49. The van der Waals surface area contributed by atoms with Gasteiger partial charge in [-0.15, -0.1) is 0 Å². The molecular formula is C48H24O2. The molecule has 0 saturated carbocycles. The second-order valence-corrected chi connectivity index (χ2v) is 13.9. The summed E-state index contributed by atoms with van der Waals surface area (Å²) >= 11 is 0. The van der Waals surface area contributed by atoms with E-state index >= 15 is 0 Å². The Morgan fingerprint density at radius 2 is 0.820 bits per heavy atom. The van der Waals surface area contributed by atoms with Gasteiger partial charge in [0.1, 0.15) is 22.3 Å². The second-order valence-electron chi connectivity index (χ2n) is 13.9. The predicted octanol–water partition coefficient (Wildman–Crippen LogP) is 14.0. The summed E-state index contributed by atoms with van der Waals surface area (Å²) < 4.78 is 13.4. The van der Waals surface area contributed by atoms with Gasteiger partial charge < -0.3 is 8.83 Å². The van der Waals surface area contributed by atoms with Crippen molar-refractivity contribution < 1.29 is 8.83 Å². The van der Waals surface area contributed by atoms with E-state index in [0.29, 0.717) is 0 Å². The van der Waals surface area contributed by atoms with Crippen LogP contribution in [-0.4, -0.2) is 0 Å². The molecule has 0 fully saturated rings. The molecule has 1 aliphatic rings. The molecule has 228 valence electrons. The third-order valence-corrected chi connectivity index (χ3v) is 11.5. The summed E-state index contributed by atoms with van der Waals surface area (Å²) in [7, 11) is 0. The van der Waals surface area contributed by atoms with E-state index in [1.165, 1.54) is 103 Å². The van der Waals surface area contributed by atoms with Crippen molar-refractivity contribution in [2.75, 3.05) is 0 Å². The quantitative estimate of drug-likeness (QED) is 0.177. The highest BCUT2D eigenvalue weighted by atomic mass is 16.3. The number of furan rings is 2. The summed E-state index contributed by atoms with van der Waals surface area (Å²) in [6, 6.07) is 53.4. The van der Waals surface area contributed by atoms with Crippen LogP contribution >= 0.6 is 0 Å². The van der Waals surface area contributed by atoms with Crippen molar-refractivity contribution in [3.8, 4) is 33.4 Å². The highest BCUT2D eigenvalue weighted by Gasteiger charge is 2.27. The van der Waals surface area contributed by atoms with E-state index in [1.807, 2.05) is 0 Å². The summed E-state index contributed by atoms with van der Waals surface area (Å²) in [4.78, 5) is 0. The predicted molar refractivity (Wildman–Crippen MR) is 210 cm³/mol. The van der Waals surface area contributed by atoms with Gasteiger partial charge in [-0.3, -0.25) is 0 Å². The molecular weight excluding hydrogens is 609 g/mol. The molecule has 0 atom stereocenters. The molecule has 50 heavy (non-hydrogen) atoms. The zero-order valence-electron chi connectivity index (χ0n) is 26.7.